The van der Waals surface area contributed by atoms with Crippen molar-refractivity contribution in [3.8, 4) is 11.5 Å². The maximum absolute atomic E-state index is 12.7. The summed E-state index contributed by atoms with van der Waals surface area (Å²) in [6.07, 6.45) is 0.909. The molecule has 0 fully saturated rings. The molecule has 2 aromatic carbocycles. The van der Waals surface area contributed by atoms with E-state index in [2.05, 4.69) is 6.92 Å². The molecule has 1 unspecified atom stereocenters. The van der Waals surface area contributed by atoms with Crippen LogP contribution >= 0.6 is 11.8 Å². The smallest absolute Gasteiger partial charge is 0.237 e. The van der Waals surface area contributed by atoms with Crippen LogP contribution in [-0.4, -0.2) is 30.4 Å². The van der Waals surface area contributed by atoms with Crippen LogP contribution in [0.2, 0.25) is 0 Å². The van der Waals surface area contributed by atoms with Gasteiger partial charge < -0.3 is 14.7 Å². The second-order valence-corrected chi connectivity index (χ2v) is 6.97. The number of thioether (sulfide) groups is 1. The summed E-state index contributed by atoms with van der Waals surface area (Å²) in [4.78, 5) is 15.4. The molecule has 0 saturated heterocycles. The topological polar surface area (TPSA) is 49.8 Å². The Morgan fingerprint density at radius 2 is 2.12 bits per heavy atom. The lowest BCUT2D eigenvalue weighted by Crippen LogP contribution is -2.37. The average molecular weight is 343 g/mol. The molecule has 0 aromatic heterocycles. The van der Waals surface area contributed by atoms with Crippen molar-refractivity contribution in [2.24, 2.45) is 0 Å². The van der Waals surface area contributed by atoms with Gasteiger partial charge in [0.05, 0.1) is 18.6 Å². The van der Waals surface area contributed by atoms with Crippen LogP contribution in [0.15, 0.2) is 47.4 Å². The van der Waals surface area contributed by atoms with E-state index in [0.29, 0.717) is 23.9 Å². The van der Waals surface area contributed by atoms with E-state index < -0.39 is 0 Å². The molecule has 126 valence electrons. The Hall–Kier alpha value is -2.14. The fraction of sp³-hybridized carbons (Fsp3) is 0.316. The third-order valence-electron chi connectivity index (χ3n) is 4.34. The van der Waals surface area contributed by atoms with Crippen LogP contribution in [0.25, 0.3) is 0 Å². The Labute approximate surface area is 146 Å². The summed E-state index contributed by atoms with van der Waals surface area (Å²) in [6.45, 7) is 2.77. The highest BCUT2D eigenvalue weighted by Gasteiger charge is 2.28. The molecule has 0 radical (unpaired) electrons. The minimum Gasteiger partial charge on any atom is -0.506 e. The molecule has 5 heteroatoms. The van der Waals surface area contributed by atoms with Crippen molar-refractivity contribution in [1.82, 2.24) is 0 Å². The van der Waals surface area contributed by atoms with Crippen molar-refractivity contribution in [3.63, 3.8) is 0 Å². The van der Waals surface area contributed by atoms with Crippen molar-refractivity contribution in [2.45, 2.75) is 24.2 Å². The summed E-state index contributed by atoms with van der Waals surface area (Å²) in [5.41, 5.74) is 1.72. The molecule has 24 heavy (non-hydrogen) atoms. The normalized spacial score (nSPS) is 16.6. The number of nitrogens with zero attached hydrogens (tertiary/aromatic N) is 1. The predicted molar refractivity (Wildman–Crippen MR) is 97.2 cm³/mol. The van der Waals surface area contributed by atoms with E-state index in [1.54, 1.807) is 18.1 Å². The van der Waals surface area contributed by atoms with Crippen LogP contribution in [0.5, 0.6) is 11.5 Å². The van der Waals surface area contributed by atoms with E-state index in [1.807, 2.05) is 36.4 Å². The number of phenols is 1. The zero-order valence-electron chi connectivity index (χ0n) is 13.9. The highest BCUT2D eigenvalue weighted by molar-refractivity contribution is 8.00. The summed E-state index contributed by atoms with van der Waals surface area (Å²) in [6, 6.07) is 13.2. The molecule has 3 rings (SSSR count). The predicted octanol–water partition coefficient (Wildman–Crippen LogP) is 4.03. The van der Waals surface area contributed by atoms with Gasteiger partial charge in [0.15, 0.2) is 0 Å². The fourth-order valence-electron chi connectivity index (χ4n) is 2.99. The minimum absolute atomic E-state index is 0.0115. The molecule has 1 N–H and O–H groups in total. The first-order valence-electron chi connectivity index (χ1n) is 7.99. The molecule has 1 aliphatic heterocycles. The van der Waals surface area contributed by atoms with Gasteiger partial charge in [-0.25, -0.2) is 0 Å². The van der Waals surface area contributed by atoms with Gasteiger partial charge in [-0.15, -0.1) is 11.8 Å². The van der Waals surface area contributed by atoms with E-state index in [0.717, 1.165) is 22.6 Å². The molecule has 1 heterocycles. The van der Waals surface area contributed by atoms with Gasteiger partial charge in [-0.05, 0) is 42.2 Å². The van der Waals surface area contributed by atoms with Crippen molar-refractivity contribution in [2.75, 3.05) is 24.3 Å². The highest BCUT2D eigenvalue weighted by atomic mass is 32.2. The fourth-order valence-corrected chi connectivity index (χ4v) is 3.81. The van der Waals surface area contributed by atoms with E-state index >= 15 is 0 Å². The highest BCUT2D eigenvalue weighted by Crippen LogP contribution is 2.41. The number of anilines is 1. The number of carbonyl (C=O) groups excluding carboxylic acids is 1. The zero-order chi connectivity index (χ0) is 17.1. The number of amides is 1. The van der Waals surface area contributed by atoms with E-state index in [4.69, 9.17) is 4.74 Å². The van der Waals surface area contributed by atoms with Gasteiger partial charge in [-0.2, -0.15) is 0 Å². The molecule has 2 aromatic rings. The maximum Gasteiger partial charge on any atom is 0.237 e. The molecule has 4 nitrogen and oxygen atoms in total. The number of phenolic OH excluding ortho intramolecular Hbond substituents is 1. The Balaban J connectivity index is 1.75. The van der Waals surface area contributed by atoms with Crippen molar-refractivity contribution >= 4 is 23.4 Å². The summed E-state index contributed by atoms with van der Waals surface area (Å²) < 4.78 is 5.21. The summed E-state index contributed by atoms with van der Waals surface area (Å²) in [5, 5.41) is 10.2. The maximum atomic E-state index is 12.7. The standard InChI is InChI=1S/C19H21NO3S/c1-13-9-10-20(19-16(13)7-4-8-17(19)21)18(22)12-24-15-6-3-5-14(11-15)23-2/h3-8,11,13,21H,9-10,12H2,1-2H3. The Bertz CT molecular complexity index is 747. The lowest BCUT2D eigenvalue weighted by molar-refractivity contribution is -0.116. The van der Waals surface area contributed by atoms with Crippen LogP contribution in [0.1, 0.15) is 24.8 Å². The van der Waals surface area contributed by atoms with Gasteiger partial charge in [0.2, 0.25) is 5.91 Å². The molecule has 0 bridgehead atoms. The van der Waals surface area contributed by atoms with Gasteiger partial charge in [0.25, 0.3) is 0 Å². The lowest BCUT2D eigenvalue weighted by atomic mass is 9.91. The quantitative estimate of drug-likeness (QED) is 0.852. The number of fused-ring (bicyclic) bond motifs is 1. The monoisotopic (exact) mass is 343 g/mol. The van der Waals surface area contributed by atoms with Gasteiger partial charge in [-0.3, -0.25) is 4.79 Å². The van der Waals surface area contributed by atoms with Crippen LogP contribution < -0.4 is 9.64 Å². The van der Waals surface area contributed by atoms with Crippen LogP contribution in [0, 0.1) is 0 Å². The third kappa shape index (κ3) is 3.36. The number of aromatic hydroxyl groups is 1. The number of hydrogen-bond donors (Lipinski definition) is 1. The number of carbonyl (C=O) groups is 1. The number of methoxy groups -OCH3 is 1. The molecule has 0 aliphatic carbocycles. The molecular formula is C19H21NO3S. The van der Waals surface area contributed by atoms with Gasteiger partial charge in [-0.1, -0.05) is 25.1 Å². The van der Waals surface area contributed by atoms with Crippen molar-refractivity contribution < 1.29 is 14.6 Å². The SMILES string of the molecule is COc1cccc(SCC(=O)N2CCC(C)c3cccc(O)c32)c1. The molecule has 1 amide bonds. The molecule has 1 atom stereocenters. The second-order valence-electron chi connectivity index (χ2n) is 5.92. The van der Waals surface area contributed by atoms with Gasteiger partial charge in [0, 0.05) is 11.4 Å². The number of benzene rings is 2. The number of rotatable bonds is 4. The van der Waals surface area contributed by atoms with E-state index in [-0.39, 0.29) is 11.7 Å². The number of hydrogen-bond acceptors (Lipinski definition) is 4. The molecular weight excluding hydrogens is 322 g/mol. The number of ether oxygens (including phenoxy) is 1. The molecule has 1 aliphatic rings. The first kappa shape index (κ1) is 16.7. The zero-order valence-corrected chi connectivity index (χ0v) is 14.7. The number of para-hydroxylation sites is 1. The Morgan fingerprint density at radius 1 is 1.33 bits per heavy atom. The lowest BCUT2D eigenvalue weighted by Gasteiger charge is -2.33. The first-order valence-corrected chi connectivity index (χ1v) is 8.98. The summed E-state index contributed by atoms with van der Waals surface area (Å²) in [7, 11) is 1.63. The minimum atomic E-state index is 0.0115. The molecule has 0 saturated carbocycles. The van der Waals surface area contributed by atoms with Crippen LogP contribution in [-0.2, 0) is 4.79 Å². The second kappa shape index (κ2) is 7.18. The van der Waals surface area contributed by atoms with Crippen LogP contribution in [0.4, 0.5) is 5.69 Å². The third-order valence-corrected chi connectivity index (χ3v) is 5.32. The molecule has 0 spiro atoms. The summed E-state index contributed by atoms with van der Waals surface area (Å²) >= 11 is 1.48. The first-order chi connectivity index (χ1) is 11.6. The van der Waals surface area contributed by atoms with Gasteiger partial charge in [0.1, 0.15) is 11.5 Å². The Morgan fingerprint density at radius 3 is 2.92 bits per heavy atom. The average Bonchev–Trinajstić information content (AvgIpc) is 2.61. The van der Waals surface area contributed by atoms with Crippen molar-refractivity contribution in [3.05, 3.63) is 48.0 Å². The van der Waals surface area contributed by atoms with Gasteiger partial charge >= 0.3 is 0 Å². The largest absolute Gasteiger partial charge is 0.506 e. The Kier molecular flexibility index (Phi) is 5.00. The van der Waals surface area contributed by atoms with Crippen molar-refractivity contribution in [1.29, 1.82) is 0 Å². The van der Waals surface area contributed by atoms with E-state index in [9.17, 15) is 9.90 Å². The van der Waals surface area contributed by atoms with Crippen LogP contribution in [0.3, 0.4) is 0 Å². The summed E-state index contributed by atoms with van der Waals surface area (Å²) in [5.74, 6) is 1.65. The van der Waals surface area contributed by atoms with E-state index in [1.165, 1.54) is 11.8 Å².